The zero-order valence-corrected chi connectivity index (χ0v) is 10.6. The number of carbonyl (C=O) groups excluding carboxylic acids is 1. The van der Waals surface area contributed by atoms with E-state index in [1.54, 1.807) is 0 Å². The molecule has 1 unspecified atom stereocenters. The monoisotopic (exact) mass is 272 g/mol. The molecule has 1 amide bonds. The van der Waals surface area contributed by atoms with E-state index in [9.17, 15) is 4.79 Å². The summed E-state index contributed by atoms with van der Waals surface area (Å²) >= 11 is 6.00. The third-order valence-electron chi connectivity index (χ3n) is 2.43. The number of rotatable bonds is 4. The van der Waals surface area contributed by atoms with Crippen molar-refractivity contribution >= 4 is 17.5 Å². The lowest BCUT2D eigenvalue weighted by Crippen LogP contribution is -2.22. The van der Waals surface area contributed by atoms with Gasteiger partial charge in [0.05, 0.1) is 25.9 Å². The van der Waals surface area contributed by atoms with E-state index in [1.807, 2.05) is 0 Å². The fourth-order valence-electron chi connectivity index (χ4n) is 1.55. The fraction of sp³-hybridized carbons (Fsp3) is 0.455. The Bertz CT molecular complexity index is 435. The molecule has 0 bridgehead atoms. The minimum atomic E-state index is -0.414. The van der Waals surface area contributed by atoms with E-state index in [0.29, 0.717) is 24.7 Å². The van der Waals surface area contributed by atoms with E-state index in [4.69, 9.17) is 21.1 Å². The highest BCUT2D eigenvalue weighted by atomic mass is 35.5. The van der Waals surface area contributed by atoms with Crippen molar-refractivity contribution in [1.29, 1.82) is 0 Å². The van der Waals surface area contributed by atoms with Crippen molar-refractivity contribution < 1.29 is 19.1 Å². The first-order valence-corrected chi connectivity index (χ1v) is 5.81. The predicted molar refractivity (Wildman–Crippen MR) is 63.6 cm³/mol. The second-order valence-corrected chi connectivity index (χ2v) is 4.16. The van der Waals surface area contributed by atoms with E-state index in [-0.39, 0.29) is 11.1 Å². The van der Waals surface area contributed by atoms with Crippen molar-refractivity contribution in [2.24, 2.45) is 0 Å². The topological polar surface area (TPSA) is 69.7 Å². The molecule has 0 aliphatic carbocycles. The summed E-state index contributed by atoms with van der Waals surface area (Å²) in [6.45, 7) is 1.21. The molecule has 0 saturated carbocycles. The van der Waals surface area contributed by atoms with Crippen molar-refractivity contribution in [3.63, 3.8) is 0 Å². The fourth-order valence-corrected chi connectivity index (χ4v) is 1.76. The summed E-state index contributed by atoms with van der Waals surface area (Å²) in [7, 11) is 1.35. The van der Waals surface area contributed by atoms with Gasteiger partial charge in [0.15, 0.2) is 0 Å². The molecule has 2 rings (SSSR count). The minimum Gasteiger partial charge on any atom is -0.471 e. The van der Waals surface area contributed by atoms with Crippen molar-refractivity contribution in [1.82, 2.24) is 10.5 Å². The van der Waals surface area contributed by atoms with Gasteiger partial charge in [-0.3, -0.25) is 9.63 Å². The molecule has 1 fully saturated rings. The number of hydrogen-bond acceptors (Lipinski definition) is 5. The van der Waals surface area contributed by atoms with Gasteiger partial charge in [0.25, 0.3) is 5.91 Å². The lowest BCUT2D eigenvalue weighted by molar-refractivity contribution is 0.0537. The first-order valence-electron chi connectivity index (χ1n) is 5.44. The van der Waals surface area contributed by atoms with Crippen LogP contribution in [0.5, 0.6) is 5.88 Å². The van der Waals surface area contributed by atoms with Crippen LogP contribution < -0.4 is 10.2 Å². The minimum absolute atomic E-state index is 0.0337. The molecule has 18 heavy (non-hydrogen) atoms. The van der Waals surface area contributed by atoms with Crippen LogP contribution >= 0.6 is 11.6 Å². The van der Waals surface area contributed by atoms with Crippen LogP contribution in [0.3, 0.4) is 0 Å². The second-order valence-electron chi connectivity index (χ2n) is 3.75. The summed E-state index contributed by atoms with van der Waals surface area (Å²) in [5, 5.41) is 0.283. The predicted octanol–water partition coefficient (Wildman–Crippen LogP) is 1.19. The summed E-state index contributed by atoms with van der Waals surface area (Å²) in [5.74, 6) is -0.108. The van der Waals surface area contributed by atoms with Gasteiger partial charge in [-0.25, -0.2) is 10.5 Å². The highest BCUT2D eigenvalue weighted by molar-refractivity contribution is 6.32. The highest BCUT2D eigenvalue weighted by Crippen LogP contribution is 2.25. The molecular weight excluding hydrogens is 260 g/mol. The summed E-state index contributed by atoms with van der Waals surface area (Å²) in [4.78, 5) is 20.0. The number of halogens is 1. The van der Waals surface area contributed by atoms with Crippen molar-refractivity contribution in [3.8, 4) is 5.88 Å². The molecule has 1 aromatic heterocycles. The molecule has 1 aliphatic heterocycles. The lowest BCUT2D eigenvalue weighted by Gasteiger charge is -2.12. The van der Waals surface area contributed by atoms with Gasteiger partial charge in [0.2, 0.25) is 5.88 Å². The van der Waals surface area contributed by atoms with Gasteiger partial charge in [0.1, 0.15) is 11.1 Å². The van der Waals surface area contributed by atoms with Gasteiger partial charge in [-0.2, -0.15) is 0 Å². The van der Waals surface area contributed by atoms with Crippen LogP contribution in [0.2, 0.25) is 5.02 Å². The maximum Gasteiger partial charge on any atom is 0.276 e. The molecule has 1 saturated heterocycles. The first kappa shape index (κ1) is 13.1. The molecule has 0 radical (unpaired) electrons. The van der Waals surface area contributed by atoms with Gasteiger partial charge in [-0.15, -0.1) is 0 Å². The number of hydroxylamine groups is 1. The average molecular weight is 273 g/mol. The van der Waals surface area contributed by atoms with E-state index in [1.165, 1.54) is 19.4 Å². The van der Waals surface area contributed by atoms with E-state index >= 15 is 0 Å². The summed E-state index contributed by atoms with van der Waals surface area (Å²) in [5.41, 5.74) is 2.49. The number of aromatic nitrogens is 1. The number of ether oxygens (including phenoxy) is 2. The molecule has 1 aliphatic rings. The van der Waals surface area contributed by atoms with Crippen LogP contribution in [0.15, 0.2) is 12.3 Å². The molecule has 1 N–H and O–H groups in total. The zero-order chi connectivity index (χ0) is 13.0. The molecule has 1 atom stereocenters. The van der Waals surface area contributed by atoms with Gasteiger partial charge < -0.3 is 9.47 Å². The largest absolute Gasteiger partial charge is 0.471 e. The number of nitrogens with one attached hydrogen (secondary N) is 1. The standard InChI is InChI=1S/C11H13ClN2O4/c1-16-14-10(15)7-4-9(12)11(13-5-7)18-8-2-3-17-6-8/h4-5,8H,2-3,6H2,1H3,(H,14,15). The zero-order valence-electron chi connectivity index (χ0n) is 9.81. The number of hydrogen-bond donors (Lipinski definition) is 1. The number of nitrogens with zero attached hydrogens (tertiary/aromatic N) is 1. The van der Waals surface area contributed by atoms with E-state index in [0.717, 1.165) is 6.42 Å². The van der Waals surface area contributed by atoms with Crippen LogP contribution in [0, 0.1) is 0 Å². The lowest BCUT2D eigenvalue weighted by atomic mass is 10.2. The molecule has 2 heterocycles. The van der Waals surface area contributed by atoms with Crippen molar-refractivity contribution in [2.45, 2.75) is 12.5 Å². The highest BCUT2D eigenvalue weighted by Gasteiger charge is 2.19. The third-order valence-corrected chi connectivity index (χ3v) is 2.70. The SMILES string of the molecule is CONC(=O)c1cnc(OC2CCOC2)c(Cl)c1. The molecule has 0 aromatic carbocycles. The Kier molecular flexibility index (Phi) is 4.35. The van der Waals surface area contributed by atoms with Crippen molar-refractivity contribution in [2.75, 3.05) is 20.3 Å². The van der Waals surface area contributed by atoms with Gasteiger partial charge in [0, 0.05) is 12.6 Å². The van der Waals surface area contributed by atoms with Gasteiger partial charge in [-0.1, -0.05) is 11.6 Å². The second kappa shape index (κ2) is 5.99. The van der Waals surface area contributed by atoms with E-state index < -0.39 is 5.91 Å². The van der Waals surface area contributed by atoms with Crippen LogP contribution in [0.1, 0.15) is 16.8 Å². The summed E-state index contributed by atoms with van der Waals surface area (Å²) in [6, 6.07) is 1.48. The summed E-state index contributed by atoms with van der Waals surface area (Å²) in [6.07, 6.45) is 2.16. The maximum atomic E-state index is 11.5. The third kappa shape index (κ3) is 3.10. The number of pyridine rings is 1. The first-order chi connectivity index (χ1) is 8.70. The normalized spacial score (nSPS) is 18.7. The molecule has 6 nitrogen and oxygen atoms in total. The Morgan fingerprint density at radius 3 is 3.11 bits per heavy atom. The van der Waals surface area contributed by atoms with Gasteiger partial charge >= 0.3 is 0 Å². The number of carbonyl (C=O) groups is 1. The molecule has 0 spiro atoms. The quantitative estimate of drug-likeness (QED) is 0.834. The molecule has 7 heteroatoms. The average Bonchev–Trinajstić information content (AvgIpc) is 2.85. The van der Waals surface area contributed by atoms with Crippen molar-refractivity contribution in [3.05, 3.63) is 22.8 Å². The number of amides is 1. The van der Waals surface area contributed by atoms with Crippen LogP contribution in [0.4, 0.5) is 0 Å². The van der Waals surface area contributed by atoms with Crippen LogP contribution in [0.25, 0.3) is 0 Å². The Balaban J connectivity index is 2.06. The Morgan fingerprint density at radius 1 is 1.67 bits per heavy atom. The molecular formula is C11H13ClN2O4. The van der Waals surface area contributed by atoms with E-state index in [2.05, 4.69) is 15.3 Å². The Morgan fingerprint density at radius 2 is 2.50 bits per heavy atom. The smallest absolute Gasteiger partial charge is 0.276 e. The van der Waals surface area contributed by atoms with Gasteiger partial charge in [-0.05, 0) is 6.07 Å². The summed E-state index contributed by atoms with van der Waals surface area (Å²) < 4.78 is 10.8. The molecule has 98 valence electrons. The maximum absolute atomic E-state index is 11.5. The van der Waals surface area contributed by atoms with Crippen LogP contribution in [-0.2, 0) is 9.57 Å². The Labute approximate surface area is 109 Å². The molecule has 1 aromatic rings. The van der Waals surface area contributed by atoms with Crippen LogP contribution in [-0.4, -0.2) is 37.3 Å². The Hall–Kier alpha value is -1.37.